The Morgan fingerprint density at radius 3 is 1.78 bits per heavy atom. The van der Waals surface area contributed by atoms with E-state index in [9.17, 15) is 30.7 Å². The van der Waals surface area contributed by atoms with E-state index in [4.69, 9.17) is 0 Å². The lowest BCUT2D eigenvalue weighted by Gasteiger charge is -2.24. The van der Waals surface area contributed by atoms with Crippen LogP contribution >= 0.6 is 0 Å². The maximum Gasteiger partial charge on any atom is 0.432 e. The second-order valence-corrected chi connectivity index (χ2v) is 6.51. The van der Waals surface area contributed by atoms with Crippen molar-refractivity contribution in [3.63, 3.8) is 0 Å². The van der Waals surface area contributed by atoms with Crippen LogP contribution in [-0.2, 0) is 6.11 Å². The Labute approximate surface area is 150 Å². The lowest BCUT2D eigenvalue weighted by atomic mass is 9.83. The van der Waals surface area contributed by atoms with E-state index in [1.54, 1.807) is 0 Å². The third-order valence-corrected chi connectivity index (χ3v) is 4.64. The van der Waals surface area contributed by atoms with E-state index < -0.39 is 46.5 Å². The summed E-state index contributed by atoms with van der Waals surface area (Å²) in [5.74, 6) is -9.69. The Balaban J connectivity index is 1.92. The molecular weight excluding hydrogens is 377 g/mol. The van der Waals surface area contributed by atoms with Gasteiger partial charge in [-0.1, -0.05) is 19.3 Å². The third-order valence-electron chi connectivity index (χ3n) is 4.64. The minimum Gasteiger partial charge on any atom is -0.429 e. The molecule has 0 N–H and O–H groups in total. The van der Waals surface area contributed by atoms with Gasteiger partial charge in [0.1, 0.15) is 22.9 Å². The summed E-state index contributed by atoms with van der Waals surface area (Å²) >= 11 is 0. The Hall–Kier alpha value is -2.25. The lowest BCUT2D eigenvalue weighted by Crippen LogP contribution is -2.26. The number of hydrogen-bond donors (Lipinski definition) is 0. The summed E-state index contributed by atoms with van der Waals surface area (Å²) in [5.41, 5.74) is -1.39. The van der Waals surface area contributed by atoms with Crippen LogP contribution in [0.1, 0.15) is 49.1 Å². The first-order chi connectivity index (χ1) is 12.7. The van der Waals surface area contributed by atoms with Crippen molar-refractivity contribution in [1.29, 1.82) is 0 Å². The molecule has 146 valence electrons. The minimum absolute atomic E-state index is 0.119. The Bertz CT molecular complexity index is 798. The van der Waals surface area contributed by atoms with Gasteiger partial charge in [-0.25, -0.2) is 22.0 Å². The maximum atomic E-state index is 14.3. The van der Waals surface area contributed by atoms with E-state index in [0.29, 0.717) is 12.8 Å². The molecule has 0 radical (unpaired) electrons. The van der Waals surface area contributed by atoms with Gasteiger partial charge < -0.3 is 4.74 Å². The molecule has 1 nitrogen and oxygen atoms in total. The molecule has 0 aromatic heterocycles. The van der Waals surface area contributed by atoms with Crippen molar-refractivity contribution < 1.29 is 35.5 Å². The number of ether oxygens (including phenoxy) is 1. The number of benzene rings is 2. The molecule has 0 aliphatic heterocycles. The van der Waals surface area contributed by atoms with Crippen LogP contribution in [0.5, 0.6) is 5.75 Å². The molecule has 3 rings (SSSR count). The van der Waals surface area contributed by atoms with Crippen LogP contribution in [-0.4, -0.2) is 0 Å². The first kappa shape index (κ1) is 19.5. The maximum absolute atomic E-state index is 14.3. The topological polar surface area (TPSA) is 9.23 Å². The fraction of sp³-hybridized carbons (Fsp3) is 0.368. The van der Waals surface area contributed by atoms with E-state index in [0.717, 1.165) is 31.4 Å². The molecule has 1 aliphatic carbocycles. The molecule has 0 spiro atoms. The van der Waals surface area contributed by atoms with Crippen LogP contribution in [0.3, 0.4) is 0 Å². The molecule has 2 aromatic rings. The molecule has 2 aromatic carbocycles. The van der Waals surface area contributed by atoms with Crippen molar-refractivity contribution in [2.45, 2.75) is 44.1 Å². The summed E-state index contributed by atoms with van der Waals surface area (Å²) in [6.07, 6.45) is -0.363. The third kappa shape index (κ3) is 4.04. The monoisotopic (exact) mass is 392 g/mol. The van der Waals surface area contributed by atoms with Gasteiger partial charge in [0.15, 0.2) is 17.5 Å². The van der Waals surface area contributed by atoms with Crippen LogP contribution in [0.15, 0.2) is 24.3 Å². The first-order valence-electron chi connectivity index (χ1n) is 8.40. The molecule has 1 aliphatic rings. The molecule has 27 heavy (non-hydrogen) atoms. The van der Waals surface area contributed by atoms with Gasteiger partial charge in [-0.3, -0.25) is 0 Å². The minimum atomic E-state index is -4.56. The van der Waals surface area contributed by atoms with Crippen LogP contribution in [0, 0.1) is 29.1 Å². The predicted octanol–water partition coefficient (Wildman–Crippen LogP) is 6.56. The highest BCUT2D eigenvalue weighted by atomic mass is 19.3. The SMILES string of the molecule is Fc1cc(OC(F)(F)c2c(F)cc(C3CCCCC3)cc2F)cc(F)c1F. The van der Waals surface area contributed by atoms with Gasteiger partial charge in [0.25, 0.3) is 0 Å². The average molecular weight is 392 g/mol. The number of rotatable bonds is 4. The van der Waals surface area contributed by atoms with Gasteiger partial charge in [0.2, 0.25) is 0 Å². The van der Waals surface area contributed by atoms with Crippen LogP contribution in [0.2, 0.25) is 0 Å². The van der Waals surface area contributed by atoms with Crippen molar-refractivity contribution in [2.75, 3.05) is 0 Å². The second-order valence-electron chi connectivity index (χ2n) is 6.51. The average Bonchev–Trinajstić information content (AvgIpc) is 2.59. The molecule has 0 bridgehead atoms. The Morgan fingerprint density at radius 1 is 0.741 bits per heavy atom. The van der Waals surface area contributed by atoms with E-state index in [-0.39, 0.29) is 23.6 Å². The Kier molecular flexibility index (Phi) is 5.35. The fourth-order valence-corrected chi connectivity index (χ4v) is 3.33. The second kappa shape index (κ2) is 7.40. The van der Waals surface area contributed by atoms with Gasteiger partial charge >= 0.3 is 6.11 Å². The summed E-state index contributed by atoms with van der Waals surface area (Å²) in [7, 11) is 0. The van der Waals surface area contributed by atoms with Crippen molar-refractivity contribution in [1.82, 2.24) is 0 Å². The molecule has 1 saturated carbocycles. The normalized spacial score (nSPS) is 15.8. The molecule has 8 heteroatoms. The highest BCUT2D eigenvalue weighted by Gasteiger charge is 2.41. The highest BCUT2D eigenvalue weighted by molar-refractivity contribution is 5.32. The number of halogens is 7. The van der Waals surface area contributed by atoms with E-state index in [1.807, 2.05) is 0 Å². The van der Waals surface area contributed by atoms with Crippen molar-refractivity contribution in [3.05, 3.63) is 64.5 Å². The van der Waals surface area contributed by atoms with E-state index in [2.05, 4.69) is 4.74 Å². The quantitative estimate of drug-likeness (QED) is 0.423. The smallest absolute Gasteiger partial charge is 0.429 e. The largest absolute Gasteiger partial charge is 0.432 e. The molecular formula is C19H15F7O. The molecule has 0 saturated heterocycles. The summed E-state index contributed by atoms with van der Waals surface area (Å²) in [6, 6.07) is 1.99. The molecule has 0 unspecified atom stereocenters. The van der Waals surface area contributed by atoms with Gasteiger partial charge in [0, 0.05) is 12.1 Å². The van der Waals surface area contributed by atoms with Crippen molar-refractivity contribution in [2.24, 2.45) is 0 Å². The first-order valence-corrected chi connectivity index (χ1v) is 8.40. The van der Waals surface area contributed by atoms with Crippen LogP contribution in [0.4, 0.5) is 30.7 Å². The zero-order valence-electron chi connectivity index (χ0n) is 14.0. The van der Waals surface area contributed by atoms with Gasteiger partial charge in [-0.15, -0.1) is 0 Å². The molecule has 0 amide bonds. The molecule has 0 heterocycles. The Morgan fingerprint density at radius 2 is 1.26 bits per heavy atom. The number of alkyl halides is 2. The fourth-order valence-electron chi connectivity index (χ4n) is 3.33. The van der Waals surface area contributed by atoms with Crippen LogP contribution in [0.25, 0.3) is 0 Å². The molecule has 0 atom stereocenters. The van der Waals surface area contributed by atoms with Gasteiger partial charge in [0.05, 0.1) is 0 Å². The summed E-state index contributed by atoms with van der Waals surface area (Å²) in [6.45, 7) is 0. The van der Waals surface area contributed by atoms with E-state index >= 15 is 0 Å². The van der Waals surface area contributed by atoms with Crippen molar-refractivity contribution >= 4 is 0 Å². The highest BCUT2D eigenvalue weighted by Crippen LogP contribution is 2.39. The predicted molar refractivity (Wildman–Crippen MR) is 83.0 cm³/mol. The lowest BCUT2D eigenvalue weighted by molar-refractivity contribution is -0.189. The zero-order chi connectivity index (χ0) is 19.8. The zero-order valence-corrected chi connectivity index (χ0v) is 14.0. The van der Waals surface area contributed by atoms with Crippen molar-refractivity contribution in [3.8, 4) is 5.75 Å². The summed E-state index contributed by atoms with van der Waals surface area (Å²) in [4.78, 5) is 0. The molecule has 1 fully saturated rings. The summed E-state index contributed by atoms with van der Waals surface area (Å²) < 4.78 is 100. The van der Waals surface area contributed by atoms with E-state index in [1.165, 1.54) is 0 Å². The summed E-state index contributed by atoms with van der Waals surface area (Å²) in [5, 5.41) is 0. The number of hydrogen-bond acceptors (Lipinski definition) is 1. The van der Waals surface area contributed by atoms with Gasteiger partial charge in [-0.05, 0) is 36.5 Å². The standard InChI is InChI=1S/C19H15F7O/c20-13-6-11(10-4-2-1-3-5-10)7-14(21)17(13)19(25,26)27-12-8-15(22)18(24)16(23)9-12/h6-10H,1-5H2. The van der Waals surface area contributed by atoms with Crippen LogP contribution < -0.4 is 4.74 Å². The van der Waals surface area contributed by atoms with Gasteiger partial charge in [-0.2, -0.15) is 8.78 Å².